The summed E-state index contributed by atoms with van der Waals surface area (Å²) in [5.41, 5.74) is 0. The molecule has 0 saturated heterocycles. The standard InChI is InChI=1S/C10H12BrN3O2S2/c1-2-14-6-10(12-7-14)18(15,16)13-5-9-8(11)3-4-17-9/h3-4,6-7,13H,2,5H2,1H3. The van der Waals surface area contributed by atoms with Gasteiger partial charge in [-0.05, 0) is 34.3 Å². The number of imidazole rings is 1. The fraction of sp³-hybridized carbons (Fsp3) is 0.300. The van der Waals surface area contributed by atoms with E-state index < -0.39 is 10.0 Å². The molecule has 0 bridgehead atoms. The molecule has 0 amide bonds. The summed E-state index contributed by atoms with van der Waals surface area (Å²) >= 11 is 4.86. The largest absolute Gasteiger partial charge is 0.336 e. The Hall–Kier alpha value is -0.700. The molecule has 0 fully saturated rings. The molecule has 0 spiro atoms. The first-order valence-corrected chi connectivity index (χ1v) is 8.42. The van der Waals surface area contributed by atoms with Gasteiger partial charge in [0.05, 0.1) is 6.33 Å². The van der Waals surface area contributed by atoms with Gasteiger partial charge in [0.1, 0.15) is 0 Å². The third kappa shape index (κ3) is 3.00. The molecular weight excluding hydrogens is 338 g/mol. The van der Waals surface area contributed by atoms with Crippen molar-refractivity contribution in [2.24, 2.45) is 0 Å². The van der Waals surface area contributed by atoms with Crippen LogP contribution in [0.15, 0.2) is 33.5 Å². The molecule has 1 N–H and O–H groups in total. The van der Waals surface area contributed by atoms with Crippen molar-refractivity contribution in [3.05, 3.63) is 33.3 Å². The minimum Gasteiger partial charge on any atom is -0.336 e. The summed E-state index contributed by atoms with van der Waals surface area (Å²) < 4.78 is 29.1. The zero-order chi connectivity index (χ0) is 13.2. The average Bonchev–Trinajstić information content (AvgIpc) is 2.95. The quantitative estimate of drug-likeness (QED) is 0.899. The van der Waals surface area contributed by atoms with Crippen LogP contribution in [0.3, 0.4) is 0 Å². The molecule has 0 radical (unpaired) electrons. The third-order valence-electron chi connectivity index (χ3n) is 2.36. The first kappa shape index (κ1) is 13.7. The molecule has 98 valence electrons. The van der Waals surface area contributed by atoms with Crippen molar-refractivity contribution in [2.75, 3.05) is 0 Å². The second-order valence-electron chi connectivity index (χ2n) is 3.56. The van der Waals surface area contributed by atoms with Crippen LogP contribution in [-0.2, 0) is 23.1 Å². The van der Waals surface area contributed by atoms with Gasteiger partial charge < -0.3 is 4.57 Å². The van der Waals surface area contributed by atoms with Gasteiger partial charge >= 0.3 is 0 Å². The molecule has 18 heavy (non-hydrogen) atoms. The molecule has 2 heterocycles. The van der Waals surface area contributed by atoms with Gasteiger partial charge in [-0.2, -0.15) is 0 Å². The lowest BCUT2D eigenvalue weighted by atomic mass is 10.5. The van der Waals surface area contributed by atoms with E-state index in [1.165, 1.54) is 23.9 Å². The van der Waals surface area contributed by atoms with E-state index >= 15 is 0 Å². The highest BCUT2D eigenvalue weighted by molar-refractivity contribution is 9.10. The van der Waals surface area contributed by atoms with Crippen LogP contribution in [0, 0.1) is 0 Å². The number of halogens is 1. The summed E-state index contributed by atoms with van der Waals surface area (Å²) in [4.78, 5) is 4.82. The van der Waals surface area contributed by atoms with Gasteiger partial charge in [-0.25, -0.2) is 18.1 Å². The molecule has 0 aliphatic heterocycles. The van der Waals surface area contributed by atoms with Gasteiger partial charge in [-0.15, -0.1) is 11.3 Å². The molecule has 2 aromatic rings. The summed E-state index contributed by atoms with van der Waals surface area (Å²) in [6, 6.07) is 1.89. The van der Waals surface area contributed by atoms with Crippen LogP contribution in [0.5, 0.6) is 0 Å². The van der Waals surface area contributed by atoms with E-state index in [2.05, 4.69) is 25.6 Å². The number of hydrogen-bond acceptors (Lipinski definition) is 4. The molecule has 8 heteroatoms. The first-order chi connectivity index (χ1) is 8.53. The molecule has 2 rings (SSSR count). The Morgan fingerprint density at radius 3 is 2.89 bits per heavy atom. The predicted molar refractivity (Wildman–Crippen MR) is 73.9 cm³/mol. The van der Waals surface area contributed by atoms with E-state index in [0.29, 0.717) is 6.54 Å². The summed E-state index contributed by atoms with van der Waals surface area (Å²) in [5, 5.41) is 1.96. The van der Waals surface area contributed by atoms with Crippen molar-refractivity contribution in [3.8, 4) is 0 Å². The maximum absolute atomic E-state index is 12.0. The maximum atomic E-state index is 12.0. The number of aromatic nitrogens is 2. The summed E-state index contributed by atoms with van der Waals surface area (Å²) in [6.45, 7) is 2.88. The Bertz CT molecular complexity index is 633. The fourth-order valence-corrected chi connectivity index (χ4v) is 3.80. The highest BCUT2D eigenvalue weighted by Crippen LogP contribution is 2.22. The minimum atomic E-state index is -3.54. The fourth-order valence-electron chi connectivity index (χ4n) is 1.34. The van der Waals surface area contributed by atoms with E-state index in [9.17, 15) is 8.42 Å². The minimum absolute atomic E-state index is 0.0528. The van der Waals surface area contributed by atoms with Gasteiger partial charge in [-0.3, -0.25) is 0 Å². The molecular formula is C10H12BrN3O2S2. The number of hydrogen-bond donors (Lipinski definition) is 1. The average molecular weight is 350 g/mol. The second-order valence-corrected chi connectivity index (χ2v) is 7.13. The van der Waals surface area contributed by atoms with Gasteiger partial charge in [0, 0.05) is 28.6 Å². The lowest BCUT2D eigenvalue weighted by Crippen LogP contribution is -2.23. The molecule has 2 aromatic heterocycles. The van der Waals surface area contributed by atoms with Crippen molar-refractivity contribution in [1.82, 2.24) is 14.3 Å². The Kier molecular flexibility index (Phi) is 4.21. The molecule has 0 atom stereocenters. The van der Waals surface area contributed by atoms with E-state index in [4.69, 9.17) is 0 Å². The lowest BCUT2D eigenvalue weighted by Gasteiger charge is -2.03. The van der Waals surface area contributed by atoms with E-state index in [1.54, 1.807) is 4.57 Å². The van der Waals surface area contributed by atoms with Crippen molar-refractivity contribution in [1.29, 1.82) is 0 Å². The molecule has 0 unspecified atom stereocenters. The lowest BCUT2D eigenvalue weighted by molar-refractivity contribution is 0.578. The second kappa shape index (κ2) is 5.52. The molecule has 0 aliphatic rings. The number of nitrogens with zero attached hydrogens (tertiary/aromatic N) is 2. The molecule has 0 aliphatic carbocycles. The first-order valence-electron chi connectivity index (χ1n) is 5.26. The SMILES string of the molecule is CCn1cnc(S(=O)(=O)NCc2sccc2Br)c1. The van der Waals surface area contributed by atoms with Crippen LogP contribution in [0.4, 0.5) is 0 Å². The van der Waals surface area contributed by atoms with Crippen molar-refractivity contribution < 1.29 is 8.42 Å². The zero-order valence-electron chi connectivity index (χ0n) is 9.63. The topological polar surface area (TPSA) is 64.0 Å². The number of thiophene rings is 1. The van der Waals surface area contributed by atoms with Gasteiger partial charge in [0.2, 0.25) is 0 Å². The number of nitrogens with one attached hydrogen (secondary N) is 1. The van der Waals surface area contributed by atoms with Crippen molar-refractivity contribution in [2.45, 2.75) is 25.0 Å². The highest BCUT2D eigenvalue weighted by Gasteiger charge is 2.17. The normalized spacial score (nSPS) is 11.9. The third-order valence-corrected chi connectivity index (χ3v) is 5.58. The maximum Gasteiger partial charge on any atom is 0.259 e. The van der Waals surface area contributed by atoms with Crippen LogP contribution in [0.2, 0.25) is 0 Å². The summed E-state index contributed by atoms with van der Waals surface area (Å²) in [5.74, 6) is 0. The number of rotatable bonds is 5. The smallest absolute Gasteiger partial charge is 0.259 e. The van der Waals surface area contributed by atoms with Crippen molar-refractivity contribution in [3.63, 3.8) is 0 Å². The number of aryl methyl sites for hydroxylation is 1. The van der Waals surface area contributed by atoms with Crippen LogP contribution in [-0.4, -0.2) is 18.0 Å². The van der Waals surface area contributed by atoms with Gasteiger partial charge in [0.25, 0.3) is 10.0 Å². The van der Waals surface area contributed by atoms with Gasteiger partial charge in [-0.1, -0.05) is 0 Å². The van der Waals surface area contributed by atoms with Crippen LogP contribution in [0.25, 0.3) is 0 Å². The Morgan fingerprint density at radius 2 is 2.33 bits per heavy atom. The van der Waals surface area contributed by atoms with E-state index in [1.807, 2.05) is 18.4 Å². The van der Waals surface area contributed by atoms with Crippen LogP contribution in [0.1, 0.15) is 11.8 Å². The van der Waals surface area contributed by atoms with Crippen LogP contribution < -0.4 is 4.72 Å². The van der Waals surface area contributed by atoms with Gasteiger partial charge in [0.15, 0.2) is 5.03 Å². The van der Waals surface area contributed by atoms with E-state index in [-0.39, 0.29) is 11.6 Å². The molecule has 0 saturated carbocycles. The molecule has 5 nitrogen and oxygen atoms in total. The predicted octanol–water partition coefficient (Wildman–Crippen LogP) is 2.21. The molecule has 0 aromatic carbocycles. The number of sulfonamides is 1. The summed E-state index contributed by atoms with van der Waals surface area (Å²) in [6.07, 6.45) is 3.03. The Labute approximate surface area is 118 Å². The zero-order valence-corrected chi connectivity index (χ0v) is 12.8. The monoisotopic (exact) mass is 349 g/mol. The summed E-state index contributed by atoms with van der Waals surface area (Å²) in [7, 11) is -3.54. The van der Waals surface area contributed by atoms with Crippen LogP contribution >= 0.6 is 27.3 Å². The Balaban J connectivity index is 2.10. The van der Waals surface area contributed by atoms with Crippen molar-refractivity contribution >= 4 is 37.3 Å². The van der Waals surface area contributed by atoms with E-state index in [0.717, 1.165) is 9.35 Å². The Morgan fingerprint density at radius 1 is 1.56 bits per heavy atom. The highest BCUT2D eigenvalue weighted by atomic mass is 79.9.